The molecule has 0 aromatic carbocycles. The fourth-order valence-electron chi connectivity index (χ4n) is 2.92. The molecule has 0 aromatic rings. The van der Waals surface area contributed by atoms with E-state index in [4.69, 9.17) is 10.5 Å². The Hall–Kier alpha value is -1.63. The second kappa shape index (κ2) is 6.89. The van der Waals surface area contributed by atoms with E-state index in [2.05, 4.69) is 10.6 Å². The molecule has 0 radical (unpaired) electrons. The summed E-state index contributed by atoms with van der Waals surface area (Å²) in [7, 11) is 0. The monoisotopic (exact) mass is 297 g/mol. The average Bonchev–Trinajstić information content (AvgIpc) is 2.44. The number of ether oxygens (including phenoxy) is 1. The van der Waals surface area contributed by atoms with Gasteiger partial charge < -0.3 is 21.1 Å². The molecule has 2 aliphatic rings. The van der Waals surface area contributed by atoms with Gasteiger partial charge in [-0.2, -0.15) is 0 Å². The lowest BCUT2D eigenvalue weighted by Crippen LogP contribution is -2.71. The fraction of sp³-hybridized carbons (Fsp3) is 0.786. The Kier molecular flexibility index (Phi) is 5.17. The van der Waals surface area contributed by atoms with Gasteiger partial charge in [-0.1, -0.05) is 32.1 Å². The molecular formula is C14H23N3O4. The SMILES string of the molecule is CC(=O)O[C@@H]1NC(=O)[C@H]1NC(=O)[C@@H](N)CC1CCCCC1. The molecule has 4 N–H and O–H groups in total. The van der Waals surface area contributed by atoms with Crippen LogP contribution < -0.4 is 16.4 Å². The van der Waals surface area contributed by atoms with Gasteiger partial charge in [-0.05, 0) is 12.3 Å². The number of nitrogens with two attached hydrogens (primary N) is 1. The number of hydrogen-bond acceptors (Lipinski definition) is 5. The summed E-state index contributed by atoms with van der Waals surface area (Å²) in [5.41, 5.74) is 5.92. The van der Waals surface area contributed by atoms with Crippen LogP contribution in [0.15, 0.2) is 0 Å². The summed E-state index contributed by atoms with van der Waals surface area (Å²) >= 11 is 0. The summed E-state index contributed by atoms with van der Waals surface area (Å²) in [6, 6.07) is -1.46. The molecule has 7 nitrogen and oxygen atoms in total. The van der Waals surface area contributed by atoms with Crippen LogP contribution in [-0.2, 0) is 19.1 Å². The van der Waals surface area contributed by atoms with Crippen molar-refractivity contribution in [2.75, 3.05) is 0 Å². The van der Waals surface area contributed by atoms with Gasteiger partial charge in [0.15, 0.2) is 6.04 Å². The van der Waals surface area contributed by atoms with Crippen molar-refractivity contribution in [3.63, 3.8) is 0 Å². The number of β-lactam (4-membered cyclic amide) rings is 1. The molecule has 1 saturated heterocycles. The molecule has 2 amide bonds. The molecule has 7 heteroatoms. The van der Waals surface area contributed by atoms with E-state index in [1.807, 2.05) is 0 Å². The normalized spacial score (nSPS) is 27.2. The minimum Gasteiger partial charge on any atom is -0.439 e. The quantitative estimate of drug-likeness (QED) is 0.480. The average molecular weight is 297 g/mol. The fourth-order valence-corrected chi connectivity index (χ4v) is 2.92. The molecular weight excluding hydrogens is 274 g/mol. The third-order valence-corrected chi connectivity index (χ3v) is 4.11. The van der Waals surface area contributed by atoms with Gasteiger partial charge >= 0.3 is 5.97 Å². The molecule has 1 saturated carbocycles. The number of carbonyl (C=O) groups excluding carboxylic acids is 3. The Labute approximate surface area is 124 Å². The largest absolute Gasteiger partial charge is 0.439 e. The third kappa shape index (κ3) is 4.17. The van der Waals surface area contributed by atoms with Crippen LogP contribution in [0, 0.1) is 5.92 Å². The number of esters is 1. The second-order valence-corrected chi connectivity index (χ2v) is 5.87. The van der Waals surface area contributed by atoms with Crippen LogP contribution in [0.2, 0.25) is 0 Å². The first-order valence-corrected chi connectivity index (χ1v) is 7.51. The molecule has 2 rings (SSSR count). The van der Waals surface area contributed by atoms with Gasteiger partial charge in [-0.25, -0.2) is 0 Å². The molecule has 3 atom stereocenters. The van der Waals surface area contributed by atoms with Crippen LogP contribution in [0.5, 0.6) is 0 Å². The van der Waals surface area contributed by atoms with Crippen molar-refractivity contribution in [1.29, 1.82) is 0 Å². The zero-order valence-electron chi connectivity index (χ0n) is 12.3. The van der Waals surface area contributed by atoms with Gasteiger partial charge in [0.25, 0.3) is 5.91 Å². The molecule has 1 aliphatic carbocycles. The van der Waals surface area contributed by atoms with E-state index in [0.717, 1.165) is 12.8 Å². The topological polar surface area (TPSA) is 111 Å². The lowest BCUT2D eigenvalue weighted by atomic mass is 9.85. The van der Waals surface area contributed by atoms with Crippen molar-refractivity contribution in [3.05, 3.63) is 0 Å². The Bertz CT molecular complexity index is 420. The van der Waals surface area contributed by atoms with Gasteiger partial charge in [-0.15, -0.1) is 0 Å². The van der Waals surface area contributed by atoms with Gasteiger partial charge in [0.1, 0.15) is 0 Å². The molecule has 0 unspecified atom stereocenters. The van der Waals surface area contributed by atoms with E-state index in [1.54, 1.807) is 0 Å². The van der Waals surface area contributed by atoms with Crippen molar-refractivity contribution in [2.45, 2.75) is 63.8 Å². The van der Waals surface area contributed by atoms with Crippen molar-refractivity contribution in [2.24, 2.45) is 11.7 Å². The highest BCUT2D eigenvalue weighted by Gasteiger charge is 2.43. The summed E-state index contributed by atoms with van der Waals surface area (Å²) in [4.78, 5) is 34.3. The van der Waals surface area contributed by atoms with E-state index in [9.17, 15) is 14.4 Å². The summed E-state index contributed by atoms with van der Waals surface area (Å²) in [6.07, 6.45) is 5.71. The number of amides is 2. The zero-order chi connectivity index (χ0) is 15.4. The second-order valence-electron chi connectivity index (χ2n) is 5.87. The van der Waals surface area contributed by atoms with Crippen LogP contribution >= 0.6 is 0 Å². The number of carbonyl (C=O) groups is 3. The van der Waals surface area contributed by atoms with Crippen LogP contribution in [0.3, 0.4) is 0 Å². The maximum Gasteiger partial charge on any atom is 0.304 e. The van der Waals surface area contributed by atoms with E-state index in [0.29, 0.717) is 12.3 Å². The molecule has 118 valence electrons. The number of hydrogen-bond donors (Lipinski definition) is 3. The van der Waals surface area contributed by atoms with Gasteiger partial charge in [0.05, 0.1) is 6.04 Å². The molecule has 2 fully saturated rings. The lowest BCUT2D eigenvalue weighted by molar-refractivity contribution is -0.164. The molecule has 0 bridgehead atoms. The highest BCUT2D eigenvalue weighted by Crippen LogP contribution is 2.27. The Morgan fingerprint density at radius 2 is 2.05 bits per heavy atom. The first-order chi connectivity index (χ1) is 9.97. The van der Waals surface area contributed by atoms with Crippen molar-refractivity contribution in [1.82, 2.24) is 10.6 Å². The minimum absolute atomic E-state index is 0.362. The van der Waals surface area contributed by atoms with Crippen molar-refractivity contribution >= 4 is 17.8 Å². The van der Waals surface area contributed by atoms with Crippen molar-refractivity contribution < 1.29 is 19.1 Å². The summed E-state index contributed by atoms with van der Waals surface area (Å²) in [5.74, 6) is -0.748. The highest BCUT2D eigenvalue weighted by atomic mass is 16.6. The first-order valence-electron chi connectivity index (χ1n) is 7.51. The van der Waals surface area contributed by atoms with E-state index >= 15 is 0 Å². The van der Waals surface area contributed by atoms with Gasteiger partial charge in [0, 0.05) is 6.92 Å². The van der Waals surface area contributed by atoms with E-state index in [-0.39, 0.29) is 11.8 Å². The van der Waals surface area contributed by atoms with Gasteiger partial charge in [0.2, 0.25) is 12.1 Å². The minimum atomic E-state index is -0.834. The maximum absolute atomic E-state index is 12.0. The molecule has 0 aromatic heterocycles. The standard InChI is InChI=1S/C14H23N3O4/c1-8(18)21-14-11(13(20)17-14)16-12(19)10(15)7-9-5-3-2-4-6-9/h9-11,14H,2-7,15H2,1H3,(H,16,19)(H,17,20)/t10-,11+,14-/m0/s1. The van der Waals surface area contributed by atoms with Crippen molar-refractivity contribution in [3.8, 4) is 0 Å². The van der Waals surface area contributed by atoms with Gasteiger partial charge in [-0.3, -0.25) is 14.4 Å². The number of rotatable bonds is 5. The number of nitrogens with one attached hydrogen (secondary N) is 2. The van der Waals surface area contributed by atoms with Crippen LogP contribution in [-0.4, -0.2) is 36.1 Å². The van der Waals surface area contributed by atoms with Crippen LogP contribution in [0.4, 0.5) is 0 Å². The molecule has 1 heterocycles. The summed E-state index contributed by atoms with van der Waals surface area (Å²) in [6.45, 7) is 1.25. The smallest absolute Gasteiger partial charge is 0.304 e. The lowest BCUT2D eigenvalue weighted by Gasteiger charge is -2.36. The first kappa shape index (κ1) is 15.8. The van der Waals surface area contributed by atoms with E-state index < -0.39 is 24.3 Å². The molecule has 1 aliphatic heterocycles. The zero-order valence-corrected chi connectivity index (χ0v) is 12.3. The predicted molar refractivity (Wildman–Crippen MR) is 74.8 cm³/mol. The Morgan fingerprint density at radius 3 is 2.62 bits per heavy atom. The summed E-state index contributed by atoms with van der Waals surface area (Å²) in [5, 5.41) is 4.97. The summed E-state index contributed by atoms with van der Waals surface area (Å²) < 4.78 is 4.87. The maximum atomic E-state index is 12.0. The Morgan fingerprint density at radius 1 is 1.38 bits per heavy atom. The van der Waals surface area contributed by atoms with Crippen LogP contribution in [0.25, 0.3) is 0 Å². The Balaban J connectivity index is 1.79. The van der Waals surface area contributed by atoms with E-state index in [1.165, 1.54) is 26.2 Å². The molecule has 0 spiro atoms. The highest BCUT2D eigenvalue weighted by molar-refractivity contribution is 5.94. The third-order valence-electron chi connectivity index (χ3n) is 4.11. The van der Waals surface area contributed by atoms with Crippen LogP contribution in [0.1, 0.15) is 45.4 Å². The predicted octanol–water partition coefficient (Wildman–Crippen LogP) is -0.212. The molecule has 21 heavy (non-hydrogen) atoms.